The van der Waals surface area contributed by atoms with Gasteiger partial charge in [0, 0.05) is 23.3 Å². The first kappa shape index (κ1) is 15.8. The van der Waals surface area contributed by atoms with Crippen LogP contribution in [0.5, 0.6) is 0 Å². The minimum absolute atomic E-state index is 0.0238. The van der Waals surface area contributed by atoms with Gasteiger partial charge in [0.05, 0.1) is 0 Å². The van der Waals surface area contributed by atoms with Crippen molar-refractivity contribution in [2.24, 2.45) is 0 Å². The molecule has 0 spiro atoms. The molecule has 2 N–H and O–H groups in total. The molecule has 1 aromatic rings. The number of hydrogen-bond acceptors (Lipinski definition) is 3. The summed E-state index contributed by atoms with van der Waals surface area (Å²) in [4.78, 5) is 17.1. The Balaban J connectivity index is 2.15. The van der Waals surface area contributed by atoms with Crippen LogP contribution in [0.3, 0.4) is 0 Å². The van der Waals surface area contributed by atoms with Gasteiger partial charge in [0.25, 0.3) is 5.91 Å². The summed E-state index contributed by atoms with van der Waals surface area (Å²) in [6.45, 7) is 7.06. The number of nitrogens with zero attached hydrogens (tertiary/aromatic N) is 1. The van der Waals surface area contributed by atoms with Crippen molar-refractivity contribution in [2.45, 2.75) is 64.8 Å². The van der Waals surface area contributed by atoms with E-state index >= 15 is 0 Å². The molecule has 1 heterocycles. The Kier molecular flexibility index (Phi) is 5.21. The molecule has 0 aromatic carbocycles. The molecule has 0 saturated heterocycles. The lowest BCUT2D eigenvalue weighted by Crippen LogP contribution is -2.47. The number of carbonyl (C=O) groups is 1. The van der Waals surface area contributed by atoms with Crippen LogP contribution in [0.4, 0.5) is 5.82 Å². The molecule has 4 nitrogen and oxygen atoms in total. The largest absolute Gasteiger partial charge is 0.370 e. The lowest BCUT2D eigenvalue weighted by molar-refractivity contribution is 0.0882. The summed E-state index contributed by atoms with van der Waals surface area (Å²) in [5, 5.41) is 6.44. The van der Waals surface area contributed by atoms with Crippen LogP contribution in [0, 0.1) is 0 Å². The van der Waals surface area contributed by atoms with E-state index in [0.29, 0.717) is 5.56 Å². The van der Waals surface area contributed by atoms with Crippen LogP contribution >= 0.6 is 0 Å². The van der Waals surface area contributed by atoms with Crippen LogP contribution in [0.1, 0.15) is 68.9 Å². The standard InChI is InChI=1S/C17H27N3O/c1-4-14-11-13(12-15(19-14)18-5-2)16(21)20-17(3)9-7-6-8-10-17/h11-12H,4-10H2,1-3H3,(H,18,19)(H,20,21). The van der Waals surface area contributed by atoms with E-state index in [4.69, 9.17) is 0 Å². The van der Waals surface area contributed by atoms with Crippen LogP contribution in [-0.4, -0.2) is 23.0 Å². The molecule has 1 saturated carbocycles. The normalized spacial score (nSPS) is 17.3. The van der Waals surface area contributed by atoms with Gasteiger partial charge in [-0.3, -0.25) is 4.79 Å². The van der Waals surface area contributed by atoms with Crippen molar-refractivity contribution in [3.8, 4) is 0 Å². The number of nitrogens with one attached hydrogen (secondary N) is 2. The molecular formula is C17H27N3O. The van der Waals surface area contributed by atoms with Gasteiger partial charge in [-0.2, -0.15) is 0 Å². The quantitative estimate of drug-likeness (QED) is 0.872. The Morgan fingerprint density at radius 1 is 1.24 bits per heavy atom. The van der Waals surface area contributed by atoms with Gasteiger partial charge in [-0.1, -0.05) is 26.2 Å². The van der Waals surface area contributed by atoms with Crippen molar-refractivity contribution in [1.29, 1.82) is 0 Å². The van der Waals surface area contributed by atoms with E-state index in [-0.39, 0.29) is 11.4 Å². The van der Waals surface area contributed by atoms with E-state index in [0.717, 1.165) is 37.3 Å². The van der Waals surface area contributed by atoms with E-state index in [1.54, 1.807) is 0 Å². The average Bonchev–Trinajstić information content (AvgIpc) is 2.47. The van der Waals surface area contributed by atoms with Crippen molar-refractivity contribution in [2.75, 3.05) is 11.9 Å². The smallest absolute Gasteiger partial charge is 0.251 e. The van der Waals surface area contributed by atoms with Crippen molar-refractivity contribution in [3.63, 3.8) is 0 Å². The van der Waals surface area contributed by atoms with Crippen molar-refractivity contribution < 1.29 is 4.79 Å². The molecule has 116 valence electrons. The van der Waals surface area contributed by atoms with E-state index in [2.05, 4.69) is 29.5 Å². The van der Waals surface area contributed by atoms with Gasteiger partial charge in [0.15, 0.2) is 0 Å². The second-order valence-corrected chi connectivity index (χ2v) is 6.19. The van der Waals surface area contributed by atoms with E-state index < -0.39 is 0 Å². The molecule has 1 aromatic heterocycles. The molecule has 4 heteroatoms. The van der Waals surface area contributed by atoms with Crippen LogP contribution in [0.15, 0.2) is 12.1 Å². The maximum Gasteiger partial charge on any atom is 0.251 e. The Morgan fingerprint density at radius 2 is 1.95 bits per heavy atom. The third kappa shape index (κ3) is 4.19. The summed E-state index contributed by atoms with van der Waals surface area (Å²) < 4.78 is 0. The zero-order valence-electron chi connectivity index (χ0n) is 13.5. The number of aromatic nitrogens is 1. The monoisotopic (exact) mass is 289 g/mol. The van der Waals surface area contributed by atoms with Crippen molar-refractivity contribution in [3.05, 3.63) is 23.4 Å². The summed E-state index contributed by atoms with van der Waals surface area (Å²) in [5.74, 6) is 0.812. The molecule has 0 bridgehead atoms. The second kappa shape index (κ2) is 6.92. The van der Waals surface area contributed by atoms with Gasteiger partial charge in [-0.05, 0) is 45.2 Å². The molecule has 0 aliphatic heterocycles. The molecule has 1 aliphatic rings. The highest BCUT2D eigenvalue weighted by Gasteiger charge is 2.28. The highest BCUT2D eigenvalue weighted by Crippen LogP contribution is 2.28. The topological polar surface area (TPSA) is 54.0 Å². The summed E-state index contributed by atoms with van der Waals surface area (Å²) in [7, 11) is 0. The average molecular weight is 289 g/mol. The third-order valence-corrected chi connectivity index (χ3v) is 4.23. The first-order valence-corrected chi connectivity index (χ1v) is 8.13. The number of carbonyl (C=O) groups excluding carboxylic acids is 1. The third-order valence-electron chi connectivity index (χ3n) is 4.23. The summed E-state index contributed by atoms with van der Waals surface area (Å²) in [6.07, 6.45) is 6.67. The molecule has 1 amide bonds. The van der Waals surface area contributed by atoms with Crippen molar-refractivity contribution in [1.82, 2.24) is 10.3 Å². The molecule has 2 rings (SSSR count). The Bertz CT molecular complexity index is 493. The SMILES string of the molecule is CCNc1cc(C(=O)NC2(C)CCCCC2)cc(CC)n1. The highest BCUT2D eigenvalue weighted by molar-refractivity contribution is 5.95. The molecule has 0 radical (unpaired) electrons. The summed E-state index contributed by atoms with van der Waals surface area (Å²) in [5.41, 5.74) is 1.61. The molecular weight excluding hydrogens is 262 g/mol. The zero-order valence-corrected chi connectivity index (χ0v) is 13.5. The van der Waals surface area contributed by atoms with Crippen LogP contribution in [0.2, 0.25) is 0 Å². The fraction of sp³-hybridized carbons (Fsp3) is 0.647. The number of pyridine rings is 1. The molecule has 21 heavy (non-hydrogen) atoms. The van der Waals surface area contributed by atoms with Crippen molar-refractivity contribution >= 4 is 11.7 Å². The lowest BCUT2D eigenvalue weighted by Gasteiger charge is -2.34. The Hall–Kier alpha value is -1.58. The van der Waals surface area contributed by atoms with Crippen LogP contribution in [-0.2, 0) is 6.42 Å². The van der Waals surface area contributed by atoms with E-state index in [1.807, 2.05) is 19.1 Å². The molecule has 1 fully saturated rings. The fourth-order valence-corrected chi connectivity index (χ4v) is 2.97. The molecule has 0 atom stereocenters. The predicted octanol–water partition coefficient (Wildman–Crippen LogP) is 3.53. The minimum atomic E-state index is -0.0523. The predicted molar refractivity (Wildman–Crippen MR) is 86.7 cm³/mol. The number of hydrogen-bond donors (Lipinski definition) is 2. The van der Waals surface area contributed by atoms with Gasteiger partial charge in [-0.15, -0.1) is 0 Å². The van der Waals surface area contributed by atoms with E-state index in [1.165, 1.54) is 19.3 Å². The lowest BCUT2D eigenvalue weighted by atomic mass is 9.83. The van der Waals surface area contributed by atoms with Gasteiger partial charge in [0.1, 0.15) is 5.82 Å². The van der Waals surface area contributed by atoms with E-state index in [9.17, 15) is 4.79 Å². The fourth-order valence-electron chi connectivity index (χ4n) is 2.97. The van der Waals surface area contributed by atoms with Gasteiger partial charge >= 0.3 is 0 Å². The number of rotatable bonds is 5. The summed E-state index contributed by atoms with van der Waals surface area (Å²) in [6, 6.07) is 3.76. The summed E-state index contributed by atoms with van der Waals surface area (Å²) >= 11 is 0. The van der Waals surface area contributed by atoms with Gasteiger partial charge in [0.2, 0.25) is 0 Å². The Labute approximate surface area is 127 Å². The number of anilines is 1. The second-order valence-electron chi connectivity index (χ2n) is 6.19. The van der Waals surface area contributed by atoms with Crippen LogP contribution in [0.25, 0.3) is 0 Å². The first-order chi connectivity index (χ1) is 10.1. The zero-order chi connectivity index (χ0) is 15.3. The van der Waals surface area contributed by atoms with Crippen LogP contribution < -0.4 is 10.6 Å². The minimum Gasteiger partial charge on any atom is -0.370 e. The number of aryl methyl sites for hydroxylation is 1. The number of amides is 1. The van der Waals surface area contributed by atoms with Gasteiger partial charge < -0.3 is 10.6 Å². The maximum absolute atomic E-state index is 12.6. The highest BCUT2D eigenvalue weighted by atomic mass is 16.1. The maximum atomic E-state index is 12.6. The first-order valence-electron chi connectivity index (χ1n) is 8.13. The molecule has 1 aliphatic carbocycles. The molecule has 0 unspecified atom stereocenters. The Morgan fingerprint density at radius 3 is 2.57 bits per heavy atom. The van der Waals surface area contributed by atoms with Gasteiger partial charge in [-0.25, -0.2) is 4.98 Å².